The SMILES string of the molecule is COC(=O)c1ccc(C(=O)OC)c(Oc2ccc(S(=O)(=O)O)cc2)c1.[Na]. The second-order valence-corrected chi connectivity index (χ2v) is 6.16. The fourth-order valence-corrected chi connectivity index (χ4v) is 2.42. The third-order valence-corrected chi connectivity index (χ3v) is 4.03. The minimum atomic E-state index is -4.33. The van der Waals surface area contributed by atoms with E-state index in [4.69, 9.17) is 9.29 Å². The van der Waals surface area contributed by atoms with Crippen molar-refractivity contribution in [2.45, 2.75) is 4.90 Å². The fraction of sp³-hybridized carbons (Fsp3) is 0.125. The number of esters is 2. The van der Waals surface area contributed by atoms with Crippen LogP contribution in [0.4, 0.5) is 0 Å². The summed E-state index contributed by atoms with van der Waals surface area (Å²) in [5.74, 6) is -1.10. The predicted molar refractivity (Wildman–Crippen MR) is 91.2 cm³/mol. The summed E-state index contributed by atoms with van der Waals surface area (Å²) >= 11 is 0. The number of methoxy groups -OCH3 is 2. The van der Waals surface area contributed by atoms with Crippen molar-refractivity contribution in [1.82, 2.24) is 0 Å². The van der Waals surface area contributed by atoms with Crippen molar-refractivity contribution in [2.24, 2.45) is 0 Å². The molecule has 2 aromatic rings. The maximum atomic E-state index is 11.8. The summed E-state index contributed by atoms with van der Waals surface area (Å²) < 4.78 is 45.9. The van der Waals surface area contributed by atoms with Crippen LogP contribution in [0.3, 0.4) is 0 Å². The molecule has 2 aromatic carbocycles. The molecule has 1 N–H and O–H groups in total. The molecule has 26 heavy (non-hydrogen) atoms. The zero-order valence-corrected chi connectivity index (χ0v) is 17.1. The third-order valence-electron chi connectivity index (χ3n) is 3.16. The van der Waals surface area contributed by atoms with Gasteiger partial charge in [-0.1, -0.05) is 0 Å². The van der Waals surface area contributed by atoms with E-state index in [2.05, 4.69) is 9.47 Å². The Morgan fingerprint density at radius 2 is 1.50 bits per heavy atom. The Hall–Kier alpha value is -1.91. The van der Waals surface area contributed by atoms with Gasteiger partial charge in [0.2, 0.25) is 0 Å². The van der Waals surface area contributed by atoms with Crippen LogP contribution in [0, 0.1) is 0 Å². The molecule has 0 saturated carbocycles. The smallest absolute Gasteiger partial charge is 0.341 e. The summed E-state index contributed by atoms with van der Waals surface area (Å²) in [5, 5.41) is 0. The minimum absolute atomic E-state index is 0. The van der Waals surface area contributed by atoms with Crippen molar-refractivity contribution in [3.8, 4) is 11.5 Å². The molecular formula is C16H14NaO8S. The van der Waals surface area contributed by atoms with E-state index < -0.39 is 22.1 Å². The summed E-state index contributed by atoms with van der Waals surface area (Å²) in [6.45, 7) is 0. The van der Waals surface area contributed by atoms with E-state index in [1.165, 1.54) is 44.6 Å². The van der Waals surface area contributed by atoms with Crippen LogP contribution >= 0.6 is 0 Å². The average molecular weight is 389 g/mol. The molecule has 0 atom stereocenters. The van der Waals surface area contributed by atoms with Crippen molar-refractivity contribution in [3.63, 3.8) is 0 Å². The van der Waals surface area contributed by atoms with Gasteiger partial charge in [0.15, 0.2) is 0 Å². The third kappa shape index (κ3) is 5.29. The molecule has 133 valence electrons. The molecule has 0 unspecified atom stereocenters. The van der Waals surface area contributed by atoms with Crippen LogP contribution in [0.25, 0.3) is 0 Å². The second kappa shape index (κ2) is 9.15. The molecule has 0 aliphatic carbocycles. The molecule has 0 amide bonds. The fourth-order valence-electron chi connectivity index (χ4n) is 1.94. The number of hydrogen-bond acceptors (Lipinski definition) is 7. The molecule has 0 aliphatic heterocycles. The quantitative estimate of drug-likeness (QED) is 0.468. The zero-order chi connectivity index (χ0) is 18.6. The molecule has 0 aliphatic rings. The van der Waals surface area contributed by atoms with Gasteiger partial charge in [0.1, 0.15) is 17.1 Å². The van der Waals surface area contributed by atoms with Crippen LogP contribution in [0.5, 0.6) is 11.5 Å². The number of carbonyl (C=O) groups is 2. The van der Waals surface area contributed by atoms with E-state index in [0.717, 1.165) is 12.1 Å². The Kier molecular flexibility index (Phi) is 7.79. The Morgan fingerprint density at radius 1 is 0.923 bits per heavy atom. The Labute approximate surface area is 172 Å². The molecule has 10 heteroatoms. The summed E-state index contributed by atoms with van der Waals surface area (Å²) in [6, 6.07) is 8.87. The molecule has 0 saturated heterocycles. The maximum absolute atomic E-state index is 11.8. The predicted octanol–water partition coefficient (Wildman–Crippen LogP) is 1.92. The first-order valence-electron chi connectivity index (χ1n) is 6.82. The topological polar surface area (TPSA) is 116 Å². The zero-order valence-electron chi connectivity index (χ0n) is 14.3. The number of carbonyl (C=O) groups excluding carboxylic acids is 2. The standard InChI is InChI=1S/C16H14O8S.Na/c1-22-15(17)10-3-8-13(16(18)23-2)14(9-10)24-11-4-6-12(7-5-11)25(19,20)21;/h3-9H,1-2H3,(H,19,20,21);. The average Bonchev–Trinajstić information content (AvgIpc) is 2.60. The maximum Gasteiger partial charge on any atom is 0.341 e. The number of hydrogen-bond donors (Lipinski definition) is 1. The first-order valence-corrected chi connectivity index (χ1v) is 8.26. The van der Waals surface area contributed by atoms with Gasteiger partial charge in [0.25, 0.3) is 10.1 Å². The van der Waals surface area contributed by atoms with Gasteiger partial charge < -0.3 is 14.2 Å². The van der Waals surface area contributed by atoms with Crippen LogP contribution < -0.4 is 4.74 Å². The van der Waals surface area contributed by atoms with Crippen LogP contribution in [-0.2, 0) is 19.6 Å². The summed E-state index contributed by atoms with van der Waals surface area (Å²) in [4.78, 5) is 23.2. The Morgan fingerprint density at radius 3 is 2.00 bits per heavy atom. The van der Waals surface area contributed by atoms with Gasteiger partial charge in [-0.05, 0) is 42.5 Å². The first-order chi connectivity index (χ1) is 11.8. The first kappa shape index (κ1) is 22.1. The van der Waals surface area contributed by atoms with Crippen molar-refractivity contribution >= 4 is 51.6 Å². The summed E-state index contributed by atoms with van der Waals surface area (Å²) in [5.41, 5.74) is 0.216. The molecule has 0 spiro atoms. The van der Waals surface area contributed by atoms with Gasteiger partial charge in [-0.2, -0.15) is 8.42 Å². The Balaban J connectivity index is 0.00000338. The van der Waals surface area contributed by atoms with Crippen LogP contribution in [0.1, 0.15) is 20.7 Å². The van der Waals surface area contributed by atoms with Crippen LogP contribution in [-0.4, -0.2) is 68.7 Å². The monoisotopic (exact) mass is 389 g/mol. The number of ether oxygens (including phenoxy) is 3. The van der Waals surface area contributed by atoms with E-state index in [1.54, 1.807) is 0 Å². The van der Waals surface area contributed by atoms with E-state index in [1.807, 2.05) is 0 Å². The largest absolute Gasteiger partial charge is 0.465 e. The van der Waals surface area contributed by atoms with Gasteiger partial charge in [-0.15, -0.1) is 0 Å². The molecular weight excluding hydrogens is 375 g/mol. The summed E-state index contributed by atoms with van der Waals surface area (Å²) in [6.07, 6.45) is 0. The summed E-state index contributed by atoms with van der Waals surface area (Å²) in [7, 11) is -1.92. The molecule has 8 nitrogen and oxygen atoms in total. The van der Waals surface area contributed by atoms with Gasteiger partial charge in [-0.25, -0.2) is 9.59 Å². The van der Waals surface area contributed by atoms with E-state index in [0.29, 0.717) is 0 Å². The Bertz CT molecular complexity index is 906. The molecule has 2 rings (SSSR count). The molecule has 0 aromatic heterocycles. The van der Waals surface area contributed by atoms with E-state index >= 15 is 0 Å². The van der Waals surface area contributed by atoms with Gasteiger partial charge in [0, 0.05) is 29.6 Å². The van der Waals surface area contributed by atoms with Crippen molar-refractivity contribution in [2.75, 3.05) is 14.2 Å². The normalized spacial score (nSPS) is 10.4. The molecule has 0 fully saturated rings. The molecule has 0 heterocycles. The molecule has 1 radical (unpaired) electrons. The van der Waals surface area contributed by atoms with Crippen LogP contribution in [0.15, 0.2) is 47.4 Å². The molecule has 0 bridgehead atoms. The van der Waals surface area contributed by atoms with Gasteiger partial charge in [-0.3, -0.25) is 4.55 Å². The minimum Gasteiger partial charge on any atom is -0.465 e. The number of rotatable bonds is 5. The van der Waals surface area contributed by atoms with Gasteiger partial charge in [0.05, 0.1) is 24.7 Å². The van der Waals surface area contributed by atoms with Crippen LogP contribution in [0.2, 0.25) is 0 Å². The second-order valence-electron chi connectivity index (χ2n) is 4.74. The van der Waals surface area contributed by atoms with Crippen molar-refractivity contribution < 1.29 is 36.8 Å². The number of benzene rings is 2. The van der Waals surface area contributed by atoms with Crippen molar-refractivity contribution in [1.29, 1.82) is 0 Å². The van der Waals surface area contributed by atoms with Crippen molar-refractivity contribution in [3.05, 3.63) is 53.6 Å². The van der Waals surface area contributed by atoms with E-state index in [-0.39, 0.29) is 57.1 Å². The van der Waals surface area contributed by atoms with E-state index in [9.17, 15) is 18.0 Å². The van der Waals surface area contributed by atoms with Gasteiger partial charge >= 0.3 is 11.9 Å².